The van der Waals surface area contributed by atoms with E-state index in [1.807, 2.05) is 0 Å². The zero-order valence-corrected chi connectivity index (χ0v) is 18.8. The van der Waals surface area contributed by atoms with E-state index in [1.54, 1.807) is 20.8 Å². The van der Waals surface area contributed by atoms with Crippen LogP contribution in [-0.2, 0) is 63.3 Å². The molecule has 0 aromatic carbocycles. The van der Waals surface area contributed by atoms with E-state index in [2.05, 4.69) is 10.6 Å². The average molecular weight is 530 g/mol. The van der Waals surface area contributed by atoms with Gasteiger partial charge in [0.15, 0.2) is 0 Å². The van der Waals surface area contributed by atoms with Crippen molar-refractivity contribution in [2.24, 2.45) is 0 Å². The fourth-order valence-electron chi connectivity index (χ4n) is 1.47. The topological polar surface area (TPSA) is 69.5 Å². The second-order valence-electron chi connectivity index (χ2n) is 4.91. The first kappa shape index (κ1) is 28.7. The summed E-state index contributed by atoms with van der Waals surface area (Å²) in [4.78, 5) is 22.9. The van der Waals surface area contributed by atoms with Gasteiger partial charge in [0, 0.05) is 32.7 Å². The van der Waals surface area contributed by atoms with Crippen LogP contribution in [-0.4, -0.2) is 30.2 Å². The second kappa shape index (κ2) is 13.2. The van der Waals surface area contributed by atoms with E-state index in [9.17, 15) is 9.59 Å². The molecule has 0 aromatic rings. The molecule has 0 bridgehead atoms. The number of hydrogen-bond acceptors (Lipinski definition) is 3. The fraction of sp³-hybridized carbons (Fsp3) is 0.692. The van der Waals surface area contributed by atoms with E-state index in [4.69, 9.17) is 4.74 Å². The summed E-state index contributed by atoms with van der Waals surface area (Å²) >= 11 is 0. The Hall–Kier alpha value is 0.532. The molecule has 0 aliphatic carbocycles. The predicted molar refractivity (Wildman–Crippen MR) is 73.1 cm³/mol. The largest absolute Gasteiger partial charge is 2.00 e. The van der Waals surface area contributed by atoms with Crippen LogP contribution in [0.4, 0.5) is 4.79 Å². The monoisotopic (exact) mass is 530 g/mol. The summed E-state index contributed by atoms with van der Waals surface area (Å²) in [5.74, 6) is -0.247. The van der Waals surface area contributed by atoms with Gasteiger partial charge in [0.2, 0.25) is 0 Å². The van der Waals surface area contributed by atoms with Crippen LogP contribution in [0.1, 0.15) is 40.0 Å². The first-order valence-electron chi connectivity index (χ1n) is 5.59. The van der Waals surface area contributed by atoms with Crippen LogP contribution < -0.4 is 5.32 Å². The first-order valence-corrected chi connectivity index (χ1v) is 5.59. The minimum atomic E-state index is -0.553. The van der Waals surface area contributed by atoms with Crippen LogP contribution in [0.15, 0.2) is 0 Å². The molecular formula is C13H25N2O3WY-. The van der Waals surface area contributed by atoms with Gasteiger partial charge in [-0.3, -0.25) is 0 Å². The van der Waals surface area contributed by atoms with Crippen molar-refractivity contribution in [1.29, 1.82) is 0 Å². The van der Waals surface area contributed by atoms with Gasteiger partial charge in [-0.1, -0.05) is 12.8 Å². The van der Waals surface area contributed by atoms with Gasteiger partial charge in [-0.15, -0.1) is 6.54 Å². The number of alkyl carbamates (subject to hydrolysis) is 1. The van der Waals surface area contributed by atoms with E-state index in [1.165, 1.54) is 0 Å². The third kappa shape index (κ3) is 12.3. The summed E-state index contributed by atoms with van der Waals surface area (Å²) < 4.78 is 5.09. The first-order chi connectivity index (χ1) is 7.38. The molecule has 7 heteroatoms. The van der Waals surface area contributed by atoms with Crippen molar-refractivity contribution in [1.82, 2.24) is 5.32 Å². The van der Waals surface area contributed by atoms with E-state index in [0.29, 0.717) is 13.0 Å². The van der Waals surface area contributed by atoms with Crippen molar-refractivity contribution in [3.05, 3.63) is 20.2 Å². The Balaban J connectivity index is -0.000000320. The summed E-state index contributed by atoms with van der Waals surface area (Å²) in [6.45, 7) is 5.91. The maximum Gasteiger partial charge on any atom is 2.00 e. The van der Waals surface area contributed by atoms with Crippen molar-refractivity contribution in [3.63, 3.8) is 0 Å². The Morgan fingerprint density at radius 3 is 2.35 bits per heavy atom. The van der Waals surface area contributed by atoms with Crippen LogP contribution in [0.25, 0.3) is 5.32 Å². The molecule has 1 atom stereocenters. The molecule has 1 N–H and O–H groups in total. The number of hydrogen-bond donors (Lipinski definition) is 1. The molecule has 1 unspecified atom stereocenters. The number of nitrogens with one attached hydrogen (secondary N) is 1. The van der Waals surface area contributed by atoms with Crippen molar-refractivity contribution in [2.75, 3.05) is 6.54 Å². The zero-order chi connectivity index (χ0) is 12.2. The SMILES string of the molecule is CC(C)(C)OC(=O)NC1CCCC[N-]C1=O.[CH3-].[CH3-].[W+2].[Y]. The molecule has 115 valence electrons. The number of carbonyl (C=O) groups excluding carboxylic acids is 2. The quantitative estimate of drug-likeness (QED) is 0.531. The molecule has 1 saturated heterocycles. The van der Waals surface area contributed by atoms with Crippen LogP contribution >= 0.6 is 0 Å². The van der Waals surface area contributed by atoms with Crippen molar-refractivity contribution in [3.8, 4) is 0 Å². The Bertz CT molecular complexity index is 283. The Morgan fingerprint density at radius 2 is 1.85 bits per heavy atom. The van der Waals surface area contributed by atoms with Gasteiger partial charge in [0.05, 0.1) is 11.9 Å². The third-order valence-electron chi connectivity index (χ3n) is 2.16. The van der Waals surface area contributed by atoms with Crippen LogP contribution in [0.5, 0.6) is 0 Å². The van der Waals surface area contributed by atoms with E-state index in [0.717, 1.165) is 12.8 Å². The van der Waals surface area contributed by atoms with Gasteiger partial charge in [0.1, 0.15) is 5.60 Å². The van der Waals surface area contributed by atoms with Gasteiger partial charge in [0.25, 0.3) is 0 Å². The maximum atomic E-state index is 11.5. The Labute approximate surface area is 162 Å². The number of carbonyl (C=O) groups is 2. The molecule has 5 nitrogen and oxygen atoms in total. The van der Waals surface area contributed by atoms with E-state index in [-0.39, 0.29) is 74.5 Å². The summed E-state index contributed by atoms with van der Waals surface area (Å²) in [6, 6.07) is -0.516. The third-order valence-corrected chi connectivity index (χ3v) is 2.16. The summed E-state index contributed by atoms with van der Waals surface area (Å²) in [5.41, 5.74) is -0.547. The number of amides is 2. The molecule has 1 aliphatic rings. The zero-order valence-electron chi connectivity index (χ0n) is 13.1. The van der Waals surface area contributed by atoms with Crippen LogP contribution in [0, 0.1) is 14.9 Å². The average Bonchev–Trinajstić information content (AvgIpc) is 2.29. The van der Waals surface area contributed by atoms with E-state index < -0.39 is 17.7 Å². The molecule has 1 fully saturated rings. The van der Waals surface area contributed by atoms with Crippen molar-refractivity contribution < 1.29 is 68.1 Å². The van der Waals surface area contributed by atoms with Crippen molar-refractivity contribution in [2.45, 2.75) is 51.7 Å². The normalized spacial score (nSPS) is 17.6. The second-order valence-corrected chi connectivity index (χ2v) is 4.91. The minimum absolute atomic E-state index is 0. The molecule has 20 heavy (non-hydrogen) atoms. The standard InChI is InChI=1S/C11H20N2O3.2CH3.W.Y/c1-11(2,3)16-10(15)13-8-6-4-5-7-12-9(8)14;;;;/h8H,4-7H2,1-3H3,(H2,12,13,14,15);2*1H3;;/q;2*-1;+2;/p-1. The van der Waals surface area contributed by atoms with Gasteiger partial charge in [-0.05, 0) is 27.2 Å². The predicted octanol–water partition coefficient (Wildman–Crippen LogP) is 2.86. The number of ether oxygens (including phenoxy) is 1. The fourth-order valence-corrected chi connectivity index (χ4v) is 1.47. The van der Waals surface area contributed by atoms with Crippen LogP contribution in [0.2, 0.25) is 0 Å². The van der Waals surface area contributed by atoms with Crippen molar-refractivity contribution >= 4 is 12.0 Å². The number of rotatable bonds is 1. The number of nitrogens with zero attached hydrogens (tertiary/aromatic N) is 1. The molecule has 1 aliphatic heterocycles. The maximum absolute atomic E-state index is 11.5. The molecule has 2 amide bonds. The molecular weight excluding hydrogens is 505 g/mol. The van der Waals surface area contributed by atoms with Gasteiger partial charge >= 0.3 is 27.2 Å². The molecule has 1 rings (SSSR count). The summed E-state index contributed by atoms with van der Waals surface area (Å²) in [7, 11) is 0. The summed E-state index contributed by atoms with van der Waals surface area (Å²) in [5, 5.41) is 6.41. The smallest absolute Gasteiger partial charge is 0.652 e. The molecule has 1 heterocycles. The molecule has 0 saturated carbocycles. The summed E-state index contributed by atoms with van der Waals surface area (Å²) in [6.07, 6.45) is 1.89. The van der Waals surface area contributed by atoms with E-state index >= 15 is 0 Å². The Morgan fingerprint density at radius 1 is 1.30 bits per heavy atom. The van der Waals surface area contributed by atoms with Crippen LogP contribution in [0.3, 0.4) is 0 Å². The van der Waals surface area contributed by atoms with Gasteiger partial charge < -0.3 is 35.0 Å². The Kier molecular flexibility index (Phi) is 18.9. The molecule has 0 aromatic heterocycles. The minimum Gasteiger partial charge on any atom is -0.652 e. The molecule has 0 spiro atoms. The molecule has 1 radical (unpaired) electrons. The van der Waals surface area contributed by atoms with Gasteiger partial charge in [-0.25, -0.2) is 4.79 Å². The van der Waals surface area contributed by atoms with Gasteiger partial charge in [-0.2, -0.15) is 0 Å².